The van der Waals surface area contributed by atoms with E-state index in [0.717, 1.165) is 44.2 Å². The molecular formula is C12H21NO3. The monoisotopic (exact) mass is 227 g/mol. The highest BCUT2D eigenvalue weighted by Gasteiger charge is 2.21. The zero-order valence-electron chi connectivity index (χ0n) is 9.95. The lowest BCUT2D eigenvalue weighted by atomic mass is 9.86. The second-order valence-electron chi connectivity index (χ2n) is 4.41. The normalized spacial score (nSPS) is 23.3. The molecule has 4 heteroatoms. The molecule has 0 radical (unpaired) electrons. The van der Waals surface area contributed by atoms with Crippen LogP contribution in [0, 0.1) is 5.92 Å². The molecule has 0 spiro atoms. The van der Waals surface area contributed by atoms with Gasteiger partial charge in [-0.3, -0.25) is 4.79 Å². The Labute approximate surface area is 96.7 Å². The van der Waals surface area contributed by atoms with Crippen molar-refractivity contribution in [2.75, 3.05) is 6.61 Å². The van der Waals surface area contributed by atoms with E-state index in [1.807, 2.05) is 0 Å². The lowest BCUT2D eigenvalue weighted by Gasteiger charge is -2.21. The largest absolute Gasteiger partial charge is 0.466 e. The molecule has 0 amide bonds. The summed E-state index contributed by atoms with van der Waals surface area (Å²) >= 11 is 0. The number of hydrogen-bond acceptors (Lipinski definition) is 4. The Bertz CT molecular complexity index is 251. The van der Waals surface area contributed by atoms with E-state index in [9.17, 15) is 4.79 Å². The highest BCUT2D eigenvalue weighted by Crippen LogP contribution is 2.25. The Kier molecular flexibility index (Phi) is 5.90. The average molecular weight is 227 g/mol. The fourth-order valence-electron chi connectivity index (χ4n) is 2.02. The van der Waals surface area contributed by atoms with E-state index in [-0.39, 0.29) is 5.97 Å². The third-order valence-corrected chi connectivity index (χ3v) is 2.96. The summed E-state index contributed by atoms with van der Waals surface area (Å²) in [5, 5.41) is 11.9. The van der Waals surface area contributed by atoms with Crippen LogP contribution >= 0.6 is 0 Å². The molecule has 0 aromatic carbocycles. The molecule has 1 saturated carbocycles. The second-order valence-corrected chi connectivity index (χ2v) is 4.41. The van der Waals surface area contributed by atoms with E-state index in [2.05, 4.69) is 12.1 Å². The van der Waals surface area contributed by atoms with Gasteiger partial charge in [0.25, 0.3) is 0 Å². The van der Waals surface area contributed by atoms with Crippen LogP contribution in [0.5, 0.6) is 0 Å². The molecular weight excluding hydrogens is 206 g/mol. The fourth-order valence-corrected chi connectivity index (χ4v) is 2.02. The van der Waals surface area contributed by atoms with Crippen LogP contribution in [0.15, 0.2) is 5.16 Å². The predicted octanol–water partition coefficient (Wildman–Crippen LogP) is 2.74. The second kappa shape index (κ2) is 7.25. The van der Waals surface area contributed by atoms with E-state index >= 15 is 0 Å². The summed E-state index contributed by atoms with van der Waals surface area (Å²) in [5.41, 5.74) is 0.817. The van der Waals surface area contributed by atoms with Gasteiger partial charge in [-0.25, -0.2) is 0 Å². The van der Waals surface area contributed by atoms with Crippen molar-refractivity contribution < 1.29 is 14.7 Å². The van der Waals surface area contributed by atoms with Gasteiger partial charge in [0.2, 0.25) is 0 Å². The van der Waals surface area contributed by atoms with Crippen molar-refractivity contribution in [1.29, 1.82) is 0 Å². The first-order valence-electron chi connectivity index (χ1n) is 6.11. The molecule has 1 N–H and O–H groups in total. The number of carbonyl (C=O) groups excluding carboxylic acids is 1. The number of ether oxygens (including phenoxy) is 1. The van der Waals surface area contributed by atoms with Crippen LogP contribution in [-0.2, 0) is 9.53 Å². The first-order chi connectivity index (χ1) is 7.76. The van der Waals surface area contributed by atoms with Crippen molar-refractivity contribution in [1.82, 2.24) is 0 Å². The van der Waals surface area contributed by atoms with E-state index in [1.54, 1.807) is 0 Å². The van der Waals surface area contributed by atoms with Crippen LogP contribution in [0.2, 0.25) is 0 Å². The topological polar surface area (TPSA) is 58.9 Å². The quantitative estimate of drug-likeness (QED) is 0.340. The molecule has 0 bridgehead atoms. The van der Waals surface area contributed by atoms with Gasteiger partial charge in [0.1, 0.15) is 0 Å². The predicted molar refractivity (Wildman–Crippen MR) is 61.7 cm³/mol. The number of hydrogen-bond donors (Lipinski definition) is 1. The summed E-state index contributed by atoms with van der Waals surface area (Å²) in [4.78, 5) is 11.5. The van der Waals surface area contributed by atoms with Crippen LogP contribution in [-0.4, -0.2) is 23.5 Å². The molecule has 0 aromatic rings. The van der Waals surface area contributed by atoms with Gasteiger partial charge in [0.05, 0.1) is 12.3 Å². The van der Waals surface area contributed by atoms with Crippen LogP contribution in [0.1, 0.15) is 51.9 Å². The van der Waals surface area contributed by atoms with Crippen molar-refractivity contribution in [3.63, 3.8) is 0 Å². The fraction of sp³-hybridized carbons (Fsp3) is 0.833. The third-order valence-electron chi connectivity index (χ3n) is 2.96. The van der Waals surface area contributed by atoms with Crippen molar-refractivity contribution in [3.05, 3.63) is 0 Å². The van der Waals surface area contributed by atoms with Crippen LogP contribution in [0.4, 0.5) is 0 Å². The van der Waals surface area contributed by atoms with Crippen LogP contribution in [0.3, 0.4) is 0 Å². The van der Waals surface area contributed by atoms with Crippen molar-refractivity contribution >= 4 is 11.7 Å². The zero-order chi connectivity index (χ0) is 11.8. The number of carbonyl (C=O) groups is 1. The molecule has 1 fully saturated rings. The molecule has 92 valence electrons. The Morgan fingerprint density at radius 1 is 1.62 bits per heavy atom. The van der Waals surface area contributed by atoms with E-state index in [0.29, 0.717) is 18.9 Å². The molecule has 1 atom stereocenters. The maximum atomic E-state index is 11.5. The number of nitrogens with zero attached hydrogens (tertiary/aromatic N) is 1. The Balaban J connectivity index is 2.22. The Hall–Kier alpha value is -1.06. The molecule has 1 unspecified atom stereocenters. The third kappa shape index (κ3) is 4.64. The first-order valence-corrected chi connectivity index (χ1v) is 6.11. The maximum absolute atomic E-state index is 11.5. The van der Waals surface area contributed by atoms with Crippen molar-refractivity contribution in [3.8, 4) is 0 Å². The lowest BCUT2D eigenvalue weighted by Crippen LogP contribution is -2.19. The van der Waals surface area contributed by atoms with Gasteiger partial charge in [-0.2, -0.15) is 0 Å². The minimum absolute atomic E-state index is 0.113. The van der Waals surface area contributed by atoms with Crippen LogP contribution < -0.4 is 0 Å². The zero-order valence-corrected chi connectivity index (χ0v) is 9.95. The highest BCUT2D eigenvalue weighted by atomic mass is 16.5. The summed E-state index contributed by atoms with van der Waals surface area (Å²) in [6, 6.07) is 0. The van der Waals surface area contributed by atoms with Gasteiger partial charge in [0, 0.05) is 6.42 Å². The SMILES string of the molecule is CCCCOC(=O)CC1CCC/C(=N/O)C1. The van der Waals surface area contributed by atoms with Crippen LogP contribution in [0.25, 0.3) is 0 Å². The molecule has 0 aliphatic heterocycles. The van der Waals surface area contributed by atoms with Gasteiger partial charge in [0.15, 0.2) is 0 Å². The molecule has 1 rings (SSSR count). The maximum Gasteiger partial charge on any atom is 0.306 e. The molecule has 4 nitrogen and oxygen atoms in total. The molecule has 0 saturated heterocycles. The number of esters is 1. The molecule has 0 heterocycles. The van der Waals surface area contributed by atoms with E-state index < -0.39 is 0 Å². The highest BCUT2D eigenvalue weighted by molar-refractivity contribution is 5.85. The minimum atomic E-state index is -0.113. The Morgan fingerprint density at radius 2 is 2.44 bits per heavy atom. The summed E-state index contributed by atoms with van der Waals surface area (Å²) < 4.78 is 5.11. The summed E-state index contributed by atoms with van der Waals surface area (Å²) in [6.07, 6.45) is 6.06. The molecule has 16 heavy (non-hydrogen) atoms. The summed E-state index contributed by atoms with van der Waals surface area (Å²) in [5.74, 6) is 0.186. The molecule has 1 aliphatic carbocycles. The number of oxime groups is 1. The van der Waals surface area contributed by atoms with E-state index in [4.69, 9.17) is 9.94 Å². The first kappa shape index (κ1) is 13.0. The number of unbranched alkanes of at least 4 members (excludes halogenated alkanes) is 1. The van der Waals surface area contributed by atoms with Gasteiger partial charge in [-0.1, -0.05) is 18.5 Å². The minimum Gasteiger partial charge on any atom is -0.466 e. The van der Waals surface area contributed by atoms with Crippen molar-refractivity contribution in [2.45, 2.75) is 51.9 Å². The van der Waals surface area contributed by atoms with E-state index in [1.165, 1.54) is 0 Å². The molecule has 1 aliphatic rings. The number of rotatable bonds is 5. The molecule has 0 aromatic heterocycles. The smallest absolute Gasteiger partial charge is 0.306 e. The summed E-state index contributed by atoms with van der Waals surface area (Å²) in [7, 11) is 0. The standard InChI is InChI=1S/C12H21NO3/c1-2-3-7-16-12(14)9-10-5-4-6-11(8-10)13-15/h10,15H,2-9H2,1H3/b13-11-. The summed E-state index contributed by atoms with van der Waals surface area (Å²) in [6.45, 7) is 2.60. The van der Waals surface area contributed by atoms with Gasteiger partial charge in [-0.05, 0) is 38.0 Å². The Morgan fingerprint density at radius 3 is 3.12 bits per heavy atom. The van der Waals surface area contributed by atoms with Crippen molar-refractivity contribution in [2.24, 2.45) is 11.1 Å². The van der Waals surface area contributed by atoms with Gasteiger partial charge < -0.3 is 9.94 Å². The van der Waals surface area contributed by atoms with Gasteiger partial charge in [-0.15, -0.1) is 0 Å². The average Bonchev–Trinajstić information content (AvgIpc) is 2.29. The lowest BCUT2D eigenvalue weighted by molar-refractivity contribution is -0.144. The van der Waals surface area contributed by atoms with Gasteiger partial charge >= 0.3 is 5.97 Å².